The zero-order valence-electron chi connectivity index (χ0n) is 14.8. The quantitative estimate of drug-likeness (QED) is 0.578. The Bertz CT molecular complexity index is 583. The number of nitrogens with one attached hydrogen (secondary N) is 1. The molecular weight excluding hydrogens is 427 g/mol. The Morgan fingerprint density at radius 2 is 1.63 bits per heavy atom. The minimum Gasteiger partial charge on any atom is -0.314 e. The van der Waals surface area contributed by atoms with Crippen molar-refractivity contribution in [2.24, 2.45) is 5.92 Å². The number of rotatable bonds is 3. The molecule has 1 saturated carbocycles. The predicted octanol–water partition coefficient (Wildman–Crippen LogP) is 5.87. The molecule has 2 fully saturated rings. The number of piperazine rings is 1. The van der Waals surface area contributed by atoms with E-state index in [0.29, 0.717) is 19.2 Å². The second-order valence-electron chi connectivity index (χ2n) is 6.99. The van der Waals surface area contributed by atoms with E-state index < -0.39 is 22.6 Å². The van der Waals surface area contributed by atoms with Crippen LogP contribution in [0.1, 0.15) is 49.3 Å². The fourth-order valence-electron chi connectivity index (χ4n) is 4.15. The summed E-state index contributed by atoms with van der Waals surface area (Å²) in [6, 6.07) is 1.32. The molecule has 27 heavy (non-hydrogen) atoms. The lowest BCUT2D eigenvalue weighted by Crippen LogP contribution is -2.47. The van der Waals surface area contributed by atoms with Gasteiger partial charge in [0, 0.05) is 37.8 Å². The van der Waals surface area contributed by atoms with Crippen molar-refractivity contribution in [3.63, 3.8) is 0 Å². The number of halogens is 7. The molecule has 1 heterocycles. The smallest absolute Gasteiger partial charge is 0.314 e. The first kappa shape index (κ1) is 24.8. The molecule has 0 radical (unpaired) electrons. The van der Waals surface area contributed by atoms with Crippen molar-refractivity contribution in [1.29, 1.82) is 0 Å². The molecule has 0 bridgehead atoms. The molecule has 1 aromatic carbocycles. The first-order valence-corrected chi connectivity index (χ1v) is 9.26. The molecule has 0 amide bonds. The van der Waals surface area contributed by atoms with Crippen LogP contribution in [-0.2, 0) is 6.18 Å². The van der Waals surface area contributed by atoms with E-state index >= 15 is 0 Å². The van der Waals surface area contributed by atoms with Gasteiger partial charge in [0.25, 0.3) is 0 Å². The van der Waals surface area contributed by atoms with Crippen LogP contribution in [-0.4, -0.2) is 31.1 Å². The first-order chi connectivity index (χ1) is 11.9. The van der Waals surface area contributed by atoms with Gasteiger partial charge >= 0.3 is 6.18 Å². The van der Waals surface area contributed by atoms with Crippen molar-refractivity contribution in [3.8, 4) is 0 Å². The second-order valence-corrected chi connectivity index (χ2v) is 7.40. The lowest BCUT2D eigenvalue weighted by atomic mass is 9.79. The maximum atomic E-state index is 14.8. The summed E-state index contributed by atoms with van der Waals surface area (Å²) in [6.07, 6.45) is 0.524. The number of nitrogens with zero attached hydrogens (tertiary/aromatic N) is 1. The molecule has 0 unspecified atom stereocenters. The fourth-order valence-corrected chi connectivity index (χ4v) is 4.37. The van der Waals surface area contributed by atoms with Crippen LogP contribution in [0.15, 0.2) is 12.1 Å². The van der Waals surface area contributed by atoms with Gasteiger partial charge < -0.3 is 5.32 Å². The second kappa shape index (κ2) is 10.5. The van der Waals surface area contributed by atoms with Gasteiger partial charge in [-0.2, -0.15) is 13.2 Å². The van der Waals surface area contributed by atoms with E-state index in [1.807, 2.05) is 0 Å². The molecule has 1 atom stereocenters. The highest BCUT2D eigenvalue weighted by Crippen LogP contribution is 2.43. The highest BCUT2D eigenvalue weighted by molar-refractivity contribution is 6.30. The summed E-state index contributed by atoms with van der Waals surface area (Å²) >= 11 is 5.84. The summed E-state index contributed by atoms with van der Waals surface area (Å²) in [5, 5.41) is 2.80. The Kier molecular flexibility index (Phi) is 9.62. The molecule has 1 aliphatic heterocycles. The van der Waals surface area contributed by atoms with Crippen LogP contribution in [0.3, 0.4) is 0 Å². The molecule has 1 N–H and O–H groups in total. The zero-order valence-corrected chi connectivity index (χ0v) is 17.2. The van der Waals surface area contributed by atoms with Gasteiger partial charge in [0.2, 0.25) is 0 Å². The van der Waals surface area contributed by atoms with Crippen LogP contribution < -0.4 is 5.32 Å². The number of alkyl halides is 3. The Labute approximate surface area is 174 Å². The Hall–Kier alpha value is -0.270. The third-order valence-corrected chi connectivity index (χ3v) is 5.62. The summed E-state index contributed by atoms with van der Waals surface area (Å²) in [6.45, 7) is 2.93. The van der Waals surface area contributed by atoms with E-state index in [9.17, 15) is 17.6 Å². The number of hydrogen-bond acceptors (Lipinski definition) is 2. The summed E-state index contributed by atoms with van der Waals surface area (Å²) < 4.78 is 54.5. The number of hydrogen-bond donors (Lipinski definition) is 1. The highest BCUT2D eigenvalue weighted by atomic mass is 35.5. The monoisotopic (exact) mass is 450 g/mol. The predicted molar refractivity (Wildman–Crippen MR) is 105 cm³/mol. The maximum Gasteiger partial charge on any atom is 0.416 e. The molecule has 0 aromatic heterocycles. The highest BCUT2D eigenvalue weighted by Gasteiger charge is 2.37. The van der Waals surface area contributed by atoms with E-state index in [4.69, 9.17) is 11.6 Å². The summed E-state index contributed by atoms with van der Waals surface area (Å²) in [7, 11) is 0. The molecule has 1 aromatic rings. The van der Waals surface area contributed by atoms with Crippen molar-refractivity contribution >= 4 is 36.4 Å². The van der Waals surface area contributed by atoms with Crippen LogP contribution in [0.5, 0.6) is 0 Å². The van der Waals surface area contributed by atoms with Gasteiger partial charge in [0.05, 0.1) is 10.6 Å². The lowest BCUT2D eigenvalue weighted by molar-refractivity contribution is -0.137. The van der Waals surface area contributed by atoms with E-state index in [2.05, 4.69) is 10.2 Å². The molecule has 1 aliphatic carbocycles. The van der Waals surface area contributed by atoms with Gasteiger partial charge in [-0.15, -0.1) is 24.8 Å². The molecule has 9 heteroatoms. The van der Waals surface area contributed by atoms with E-state index in [1.54, 1.807) is 0 Å². The van der Waals surface area contributed by atoms with Crippen molar-refractivity contribution in [2.45, 2.75) is 44.3 Å². The number of benzene rings is 1. The van der Waals surface area contributed by atoms with Crippen LogP contribution in [0.25, 0.3) is 0 Å². The van der Waals surface area contributed by atoms with E-state index in [-0.39, 0.29) is 42.3 Å². The van der Waals surface area contributed by atoms with Crippen molar-refractivity contribution in [1.82, 2.24) is 10.2 Å². The molecule has 2 aliphatic rings. The Balaban J connectivity index is 0.00000182. The first-order valence-electron chi connectivity index (χ1n) is 8.89. The zero-order chi connectivity index (χ0) is 18.0. The fraction of sp³-hybridized carbons (Fsp3) is 0.667. The average molecular weight is 452 g/mol. The van der Waals surface area contributed by atoms with E-state index in [0.717, 1.165) is 51.3 Å². The van der Waals surface area contributed by atoms with Crippen LogP contribution in [0.4, 0.5) is 17.6 Å². The average Bonchev–Trinajstić information content (AvgIpc) is 2.60. The largest absolute Gasteiger partial charge is 0.416 e. The van der Waals surface area contributed by atoms with Gasteiger partial charge in [-0.05, 0) is 30.9 Å². The molecule has 2 nitrogen and oxygen atoms in total. The SMILES string of the molecule is Cl.Cl.Fc1c(Cl)cc(C(F)(F)F)cc1[C@@H](C1CCCCC1)N1CCNCC1. The summed E-state index contributed by atoms with van der Waals surface area (Å²) in [5.41, 5.74) is -0.765. The van der Waals surface area contributed by atoms with Crippen LogP contribution in [0.2, 0.25) is 5.02 Å². The molecule has 156 valence electrons. The van der Waals surface area contributed by atoms with Crippen molar-refractivity contribution in [2.75, 3.05) is 26.2 Å². The van der Waals surface area contributed by atoms with Crippen molar-refractivity contribution < 1.29 is 17.6 Å². The van der Waals surface area contributed by atoms with Crippen LogP contribution >= 0.6 is 36.4 Å². The minimum atomic E-state index is -4.54. The Morgan fingerprint density at radius 3 is 2.19 bits per heavy atom. The third-order valence-electron chi connectivity index (χ3n) is 5.34. The van der Waals surface area contributed by atoms with Gasteiger partial charge in [-0.1, -0.05) is 30.9 Å². The van der Waals surface area contributed by atoms with Gasteiger partial charge in [0.15, 0.2) is 0 Å². The Morgan fingerprint density at radius 1 is 1.04 bits per heavy atom. The van der Waals surface area contributed by atoms with Gasteiger partial charge in [0.1, 0.15) is 5.82 Å². The molecule has 3 rings (SSSR count). The normalized spacial score (nSPS) is 20.5. The minimum absolute atomic E-state index is 0. The topological polar surface area (TPSA) is 15.3 Å². The standard InChI is InChI=1S/C18H23ClF4N2.2ClH/c19-15-11-13(18(21,22)23)10-14(16(15)20)17(12-4-2-1-3-5-12)25-8-6-24-7-9-25;;/h10-12,17,24H,1-9H2;2*1H/t17-;;/m1../s1. The molecule has 0 spiro atoms. The third kappa shape index (κ3) is 5.86. The summed E-state index contributed by atoms with van der Waals surface area (Å²) in [5.74, 6) is -0.537. The molecular formula is C18H25Cl3F4N2. The lowest BCUT2D eigenvalue weighted by Gasteiger charge is -2.41. The van der Waals surface area contributed by atoms with Crippen LogP contribution in [0, 0.1) is 11.7 Å². The van der Waals surface area contributed by atoms with Crippen molar-refractivity contribution in [3.05, 3.63) is 34.1 Å². The molecule has 1 saturated heterocycles. The van der Waals surface area contributed by atoms with Gasteiger partial charge in [-0.25, -0.2) is 4.39 Å². The maximum absolute atomic E-state index is 14.8. The summed E-state index contributed by atoms with van der Waals surface area (Å²) in [4.78, 5) is 2.13. The van der Waals surface area contributed by atoms with E-state index in [1.165, 1.54) is 0 Å². The van der Waals surface area contributed by atoms with Gasteiger partial charge in [-0.3, -0.25) is 4.90 Å².